The van der Waals surface area contributed by atoms with Gasteiger partial charge in [-0.25, -0.2) is 0 Å². The van der Waals surface area contributed by atoms with E-state index in [1.807, 2.05) is 13.8 Å². The maximum atomic E-state index is 12.9. The molecule has 10 heteroatoms. The number of nitrogens with zero attached hydrogens (tertiary/aromatic N) is 1. The number of esters is 1. The van der Waals surface area contributed by atoms with E-state index in [0.717, 1.165) is 19.3 Å². The summed E-state index contributed by atoms with van der Waals surface area (Å²) in [4.78, 5) is 39.2. The quantitative estimate of drug-likeness (QED) is 0.289. The Morgan fingerprint density at radius 3 is 2.78 bits per heavy atom. The number of ether oxygens (including phenoxy) is 2. The van der Waals surface area contributed by atoms with E-state index in [2.05, 4.69) is 33.5 Å². The van der Waals surface area contributed by atoms with Crippen molar-refractivity contribution in [3.8, 4) is 5.75 Å². The molecule has 0 bridgehead atoms. The van der Waals surface area contributed by atoms with Crippen LogP contribution in [0.5, 0.6) is 5.75 Å². The lowest BCUT2D eigenvalue weighted by Gasteiger charge is -2.36. The third-order valence-corrected chi connectivity index (χ3v) is 5.56. The van der Waals surface area contributed by atoms with E-state index in [4.69, 9.17) is 21.7 Å². The van der Waals surface area contributed by atoms with Crippen molar-refractivity contribution in [2.75, 3.05) is 19.7 Å². The first kappa shape index (κ1) is 26.1. The molecule has 1 heterocycles. The van der Waals surface area contributed by atoms with Gasteiger partial charge in [0.15, 0.2) is 5.11 Å². The van der Waals surface area contributed by atoms with E-state index in [9.17, 15) is 14.4 Å². The van der Waals surface area contributed by atoms with Crippen molar-refractivity contribution in [1.82, 2.24) is 15.5 Å². The van der Waals surface area contributed by atoms with Crippen LogP contribution in [0.1, 0.15) is 56.8 Å². The zero-order valence-corrected chi connectivity index (χ0v) is 21.0. The van der Waals surface area contributed by atoms with Gasteiger partial charge in [-0.15, -0.1) is 0 Å². The van der Waals surface area contributed by atoms with Crippen molar-refractivity contribution in [1.29, 1.82) is 0 Å². The Morgan fingerprint density at radius 1 is 1.34 bits per heavy atom. The Bertz CT molecular complexity index is 849. The van der Waals surface area contributed by atoms with Crippen molar-refractivity contribution in [2.24, 2.45) is 0 Å². The van der Waals surface area contributed by atoms with Crippen LogP contribution >= 0.6 is 28.1 Å². The third kappa shape index (κ3) is 7.74. The fourth-order valence-corrected chi connectivity index (χ4v) is 3.86. The molecule has 0 saturated carbocycles. The van der Waals surface area contributed by atoms with Crippen molar-refractivity contribution in [3.63, 3.8) is 0 Å². The van der Waals surface area contributed by atoms with E-state index < -0.39 is 17.9 Å². The molecule has 1 saturated heterocycles. The van der Waals surface area contributed by atoms with E-state index >= 15 is 0 Å². The maximum Gasteiger partial charge on any atom is 0.308 e. The fraction of sp³-hybridized carbons (Fsp3) is 0.545. The molecule has 1 aliphatic heterocycles. The third-order valence-electron chi connectivity index (χ3n) is 4.73. The Labute approximate surface area is 202 Å². The monoisotopic (exact) mass is 527 g/mol. The lowest BCUT2D eigenvalue weighted by atomic mass is 10.1. The Morgan fingerprint density at radius 2 is 2.09 bits per heavy atom. The van der Waals surface area contributed by atoms with Crippen LogP contribution in [0, 0.1) is 0 Å². The number of rotatable bonds is 9. The average Bonchev–Trinajstić information content (AvgIpc) is 2.73. The molecule has 0 spiro atoms. The van der Waals surface area contributed by atoms with Crippen LogP contribution < -0.4 is 15.4 Å². The Kier molecular flexibility index (Phi) is 10.4. The fourth-order valence-electron chi connectivity index (χ4n) is 3.19. The van der Waals surface area contributed by atoms with Crippen molar-refractivity contribution in [2.45, 2.75) is 58.6 Å². The molecule has 1 aliphatic rings. The molecule has 2 N–H and O–H groups in total. The van der Waals surface area contributed by atoms with Crippen LogP contribution in [-0.2, 0) is 14.3 Å². The number of benzene rings is 1. The van der Waals surface area contributed by atoms with Crippen LogP contribution in [0.4, 0.5) is 0 Å². The zero-order valence-electron chi connectivity index (χ0n) is 18.6. The SMILES string of the molecule is CCCCCOC(=O)CC1C(=O)NCCN1C(=S)NC(=O)c1cc(Br)ccc1OC(C)C. The molecule has 1 unspecified atom stereocenters. The number of carbonyl (C=O) groups is 3. The summed E-state index contributed by atoms with van der Waals surface area (Å²) in [5.74, 6) is -0.836. The molecule has 2 rings (SSSR count). The van der Waals surface area contributed by atoms with Crippen LogP contribution in [-0.4, -0.2) is 59.6 Å². The minimum Gasteiger partial charge on any atom is -0.490 e. The summed E-state index contributed by atoms with van der Waals surface area (Å²) in [5, 5.41) is 5.48. The number of hydrogen-bond donors (Lipinski definition) is 2. The molecule has 0 radical (unpaired) electrons. The summed E-state index contributed by atoms with van der Waals surface area (Å²) in [6.45, 7) is 6.85. The molecular weight excluding hydrogens is 498 g/mol. The van der Waals surface area contributed by atoms with E-state index in [1.165, 1.54) is 0 Å². The molecule has 176 valence electrons. The Hall–Kier alpha value is -2.20. The van der Waals surface area contributed by atoms with Gasteiger partial charge in [0.1, 0.15) is 11.8 Å². The predicted octanol–water partition coefficient (Wildman–Crippen LogP) is 3.17. The molecule has 1 atom stereocenters. The van der Waals surface area contributed by atoms with Gasteiger partial charge in [-0.05, 0) is 50.7 Å². The van der Waals surface area contributed by atoms with Crippen molar-refractivity contribution >= 4 is 51.0 Å². The predicted molar refractivity (Wildman–Crippen MR) is 129 cm³/mol. The van der Waals surface area contributed by atoms with Gasteiger partial charge in [-0.2, -0.15) is 0 Å². The molecular formula is C22H30BrN3O5S. The average molecular weight is 528 g/mol. The second kappa shape index (κ2) is 12.7. The summed E-state index contributed by atoms with van der Waals surface area (Å²) in [6.07, 6.45) is 2.51. The van der Waals surface area contributed by atoms with E-state index in [1.54, 1.807) is 23.1 Å². The number of nitrogens with one attached hydrogen (secondary N) is 2. The normalized spacial score (nSPS) is 15.8. The van der Waals surface area contributed by atoms with Crippen LogP contribution in [0.25, 0.3) is 0 Å². The standard InChI is InChI=1S/C22H30BrN3O5S/c1-4-5-6-11-30-19(27)13-17-21(29)24-9-10-26(17)22(32)25-20(28)16-12-15(23)7-8-18(16)31-14(2)3/h7-8,12,14,17H,4-6,9-11,13H2,1-3H3,(H,24,29)(H,25,28,32). The molecule has 2 amide bonds. The number of unbranched alkanes of at least 4 members (excludes halogenated alkanes) is 2. The van der Waals surface area contributed by atoms with Gasteiger partial charge in [-0.3, -0.25) is 19.7 Å². The first-order valence-electron chi connectivity index (χ1n) is 10.7. The minimum absolute atomic E-state index is 0.0732. The van der Waals surface area contributed by atoms with Gasteiger partial charge in [0.05, 0.1) is 24.7 Å². The number of thiocarbonyl (C=S) groups is 1. The molecule has 1 aromatic carbocycles. The van der Waals surface area contributed by atoms with Crippen LogP contribution in [0.2, 0.25) is 0 Å². The molecule has 1 aromatic rings. The number of halogens is 1. The van der Waals surface area contributed by atoms with Gasteiger partial charge in [-0.1, -0.05) is 35.7 Å². The number of carbonyl (C=O) groups excluding carboxylic acids is 3. The zero-order chi connectivity index (χ0) is 23.7. The highest BCUT2D eigenvalue weighted by molar-refractivity contribution is 9.10. The van der Waals surface area contributed by atoms with Gasteiger partial charge in [0.25, 0.3) is 5.91 Å². The minimum atomic E-state index is -0.843. The van der Waals surface area contributed by atoms with E-state index in [0.29, 0.717) is 35.5 Å². The lowest BCUT2D eigenvalue weighted by molar-refractivity contribution is -0.147. The molecule has 32 heavy (non-hydrogen) atoms. The summed E-state index contributed by atoms with van der Waals surface area (Å²) >= 11 is 8.79. The highest BCUT2D eigenvalue weighted by Gasteiger charge is 2.34. The number of piperazine rings is 1. The van der Waals surface area contributed by atoms with Crippen LogP contribution in [0.3, 0.4) is 0 Å². The summed E-state index contributed by atoms with van der Waals surface area (Å²) in [6, 6.07) is 4.28. The maximum absolute atomic E-state index is 12.9. The van der Waals surface area contributed by atoms with Gasteiger partial charge >= 0.3 is 5.97 Å². The second-order valence-corrected chi connectivity index (χ2v) is 9.00. The number of hydrogen-bond acceptors (Lipinski definition) is 6. The first-order chi connectivity index (χ1) is 15.2. The molecule has 1 fully saturated rings. The molecule has 8 nitrogen and oxygen atoms in total. The summed E-state index contributed by atoms with van der Waals surface area (Å²) < 4.78 is 11.7. The molecule has 0 aromatic heterocycles. The second-order valence-electron chi connectivity index (χ2n) is 7.70. The largest absolute Gasteiger partial charge is 0.490 e. The number of amides is 2. The van der Waals surface area contributed by atoms with Gasteiger partial charge in [0.2, 0.25) is 5.91 Å². The highest BCUT2D eigenvalue weighted by atomic mass is 79.9. The highest BCUT2D eigenvalue weighted by Crippen LogP contribution is 2.24. The first-order valence-corrected chi connectivity index (χ1v) is 11.9. The molecule has 0 aliphatic carbocycles. The summed E-state index contributed by atoms with van der Waals surface area (Å²) in [5.41, 5.74) is 0.309. The van der Waals surface area contributed by atoms with Gasteiger partial charge in [0, 0.05) is 17.6 Å². The topological polar surface area (TPSA) is 97.0 Å². The lowest BCUT2D eigenvalue weighted by Crippen LogP contribution is -2.60. The smallest absolute Gasteiger partial charge is 0.308 e. The van der Waals surface area contributed by atoms with Crippen LogP contribution in [0.15, 0.2) is 22.7 Å². The van der Waals surface area contributed by atoms with Crippen molar-refractivity contribution in [3.05, 3.63) is 28.2 Å². The van der Waals surface area contributed by atoms with Crippen molar-refractivity contribution < 1.29 is 23.9 Å². The van der Waals surface area contributed by atoms with E-state index in [-0.39, 0.29) is 23.5 Å². The van der Waals surface area contributed by atoms with Gasteiger partial charge < -0.3 is 19.7 Å². The summed E-state index contributed by atoms with van der Waals surface area (Å²) in [7, 11) is 0. The Balaban J connectivity index is 2.08.